The Bertz CT molecular complexity index is 863. The minimum absolute atomic E-state index is 0.00692. The highest BCUT2D eigenvalue weighted by molar-refractivity contribution is 5.94. The molecule has 0 N–H and O–H groups in total. The van der Waals surface area contributed by atoms with Gasteiger partial charge in [-0.3, -0.25) is 9.59 Å². The summed E-state index contributed by atoms with van der Waals surface area (Å²) in [6.07, 6.45) is 0. The number of nitrogens with zero attached hydrogens (tertiary/aromatic N) is 3. The van der Waals surface area contributed by atoms with Gasteiger partial charge < -0.3 is 14.4 Å². The average molecular weight is 375 g/mol. The Morgan fingerprint density at radius 2 is 1.56 bits per heavy atom. The van der Waals surface area contributed by atoms with Crippen molar-refractivity contribution < 1.29 is 18.4 Å². The van der Waals surface area contributed by atoms with Crippen LogP contribution < -0.4 is 0 Å². The fraction of sp³-hybridized carbons (Fsp3) is 0.400. The van der Waals surface area contributed by atoms with Gasteiger partial charge in [-0.25, -0.2) is 8.78 Å². The molecule has 1 aliphatic heterocycles. The van der Waals surface area contributed by atoms with Crippen molar-refractivity contribution in [3.8, 4) is 0 Å². The second kappa shape index (κ2) is 7.50. The zero-order valence-electron chi connectivity index (χ0n) is 15.8. The fourth-order valence-corrected chi connectivity index (χ4v) is 3.55. The number of halogens is 2. The van der Waals surface area contributed by atoms with E-state index >= 15 is 0 Å². The first-order valence-corrected chi connectivity index (χ1v) is 8.94. The van der Waals surface area contributed by atoms with Crippen molar-refractivity contribution in [3.63, 3.8) is 0 Å². The summed E-state index contributed by atoms with van der Waals surface area (Å²) in [4.78, 5) is 28.0. The van der Waals surface area contributed by atoms with Crippen molar-refractivity contribution in [1.82, 2.24) is 14.4 Å². The van der Waals surface area contributed by atoms with E-state index in [0.717, 1.165) is 11.3 Å². The van der Waals surface area contributed by atoms with E-state index in [2.05, 4.69) is 0 Å². The number of aryl methyl sites for hydroxylation is 2. The van der Waals surface area contributed by atoms with Crippen molar-refractivity contribution in [2.24, 2.45) is 0 Å². The number of rotatable bonds is 3. The molecule has 0 atom stereocenters. The maximum absolute atomic E-state index is 14.1. The first kappa shape index (κ1) is 19.1. The lowest BCUT2D eigenvalue weighted by Crippen LogP contribution is -2.50. The van der Waals surface area contributed by atoms with E-state index in [1.165, 1.54) is 25.1 Å². The Labute approximate surface area is 157 Å². The van der Waals surface area contributed by atoms with Crippen molar-refractivity contribution in [2.45, 2.75) is 27.3 Å². The summed E-state index contributed by atoms with van der Waals surface area (Å²) in [5.41, 5.74) is 1.90. The molecule has 1 fully saturated rings. The van der Waals surface area contributed by atoms with Crippen LogP contribution in [0.4, 0.5) is 8.78 Å². The Morgan fingerprint density at radius 3 is 2.11 bits per heavy atom. The molecule has 1 saturated heterocycles. The van der Waals surface area contributed by atoms with Gasteiger partial charge >= 0.3 is 0 Å². The molecule has 1 aromatic heterocycles. The SMILES string of the molecule is CC(=O)N1CCN(C(=O)c2c(C)cc(C)n2Cc2c(F)cccc2F)CC1. The smallest absolute Gasteiger partial charge is 0.270 e. The summed E-state index contributed by atoms with van der Waals surface area (Å²) in [7, 11) is 0. The van der Waals surface area contributed by atoms with Crippen LogP contribution in [-0.2, 0) is 11.3 Å². The van der Waals surface area contributed by atoms with Gasteiger partial charge in [0.15, 0.2) is 0 Å². The Kier molecular flexibility index (Phi) is 5.30. The van der Waals surface area contributed by atoms with E-state index in [1.807, 2.05) is 19.9 Å². The summed E-state index contributed by atoms with van der Waals surface area (Å²) in [6, 6.07) is 5.60. The van der Waals surface area contributed by atoms with E-state index in [-0.39, 0.29) is 23.9 Å². The molecule has 5 nitrogen and oxygen atoms in total. The van der Waals surface area contributed by atoms with Crippen molar-refractivity contribution in [1.29, 1.82) is 0 Å². The monoisotopic (exact) mass is 375 g/mol. The van der Waals surface area contributed by atoms with Crippen LogP contribution in [0.2, 0.25) is 0 Å². The molecule has 2 heterocycles. The standard InChI is InChI=1S/C20H23F2N3O2/c1-13-11-14(2)25(12-16-17(21)5-4-6-18(16)22)19(13)20(27)24-9-7-23(8-10-24)15(3)26/h4-6,11H,7-10,12H2,1-3H3. The lowest BCUT2D eigenvalue weighted by Gasteiger charge is -2.34. The van der Waals surface area contributed by atoms with Crippen LogP contribution in [0.25, 0.3) is 0 Å². The van der Waals surface area contributed by atoms with Gasteiger partial charge in [-0.05, 0) is 37.6 Å². The summed E-state index contributed by atoms with van der Waals surface area (Å²) in [5, 5.41) is 0. The zero-order valence-corrected chi connectivity index (χ0v) is 15.8. The number of carbonyl (C=O) groups is 2. The van der Waals surface area contributed by atoms with Gasteiger partial charge in [-0.15, -0.1) is 0 Å². The first-order chi connectivity index (χ1) is 12.8. The third-order valence-electron chi connectivity index (χ3n) is 5.09. The molecule has 0 radical (unpaired) electrons. The van der Waals surface area contributed by atoms with Crippen LogP contribution >= 0.6 is 0 Å². The maximum atomic E-state index is 14.1. The van der Waals surface area contributed by atoms with Gasteiger partial charge in [0.25, 0.3) is 5.91 Å². The Balaban J connectivity index is 1.88. The van der Waals surface area contributed by atoms with Gasteiger partial charge in [0.2, 0.25) is 5.91 Å². The second-order valence-corrected chi connectivity index (χ2v) is 6.90. The normalized spacial score (nSPS) is 14.6. The number of amides is 2. The largest absolute Gasteiger partial charge is 0.339 e. The highest BCUT2D eigenvalue weighted by atomic mass is 19.1. The van der Waals surface area contributed by atoms with E-state index in [1.54, 1.807) is 14.4 Å². The fourth-order valence-electron chi connectivity index (χ4n) is 3.55. The summed E-state index contributed by atoms with van der Waals surface area (Å²) < 4.78 is 29.9. The minimum Gasteiger partial charge on any atom is -0.339 e. The molecule has 0 bridgehead atoms. The van der Waals surface area contributed by atoms with Gasteiger partial charge in [0, 0.05) is 44.4 Å². The summed E-state index contributed by atoms with van der Waals surface area (Å²) >= 11 is 0. The van der Waals surface area contributed by atoms with Crippen LogP contribution in [0.1, 0.15) is 34.2 Å². The number of aromatic nitrogens is 1. The molecular formula is C20H23F2N3O2. The highest BCUT2D eigenvalue weighted by Gasteiger charge is 2.27. The molecule has 0 aliphatic carbocycles. The van der Waals surface area contributed by atoms with E-state index < -0.39 is 11.6 Å². The number of benzene rings is 1. The highest BCUT2D eigenvalue weighted by Crippen LogP contribution is 2.22. The van der Waals surface area contributed by atoms with Crippen LogP contribution in [0.3, 0.4) is 0 Å². The molecule has 0 unspecified atom stereocenters. The molecule has 27 heavy (non-hydrogen) atoms. The topological polar surface area (TPSA) is 45.6 Å². The molecule has 0 saturated carbocycles. The third-order valence-corrected chi connectivity index (χ3v) is 5.09. The van der Waals surface area contributed by atoms with Crippen molar-refractivity contribution >= 4 is 11.8 Å². The minimum atomic E-state index is -0.630. The van der Waals surface area contributed by atoms with Crippen molar-refractivity contribution in [3.05, 3.63) is 58.4 Å². The van der Waals surface area contributed by atoms with E-state index in [0.29, 0.717) is 31.9 Å². The van der Waals surface area contributed by atoms with E-state index in [9.17, 15) is 18.4 Å². The van der Waals surface area contributed by atoms with Crippen LogP contribution in [0.15, 0.2) is 24.3 Å². The van der Waals surface area contributed by atoms with Crippen LogP contribution in [0.5, 0.6) is 0 Å². The molecule has 2 aromatic rings. The van der Waals surface area contributed by atoms with Crippen LogP contribution in [0, 0.1) is 25.5 Å². The average Bonchev–Trinajstić information content (AvgIpc) is 2.91. The maximum Gasteiger partial charge on any atom is 0.270 e. The number of hydrogen-bond donors (Lipinski definition) is 0. The number of carbonyl (C=O) groups excluding carboxylic acids is 2. The quantitative estimate of drug-likeness (QED) is 0.828. The second-order valence-electron chi connectivity index (χ2n) is 6.90. The molecule has 0 spiro atoms. The molecule has 2 amide bonds. The van der Waals surface area contributed by atoms with Gasteiger partial charge in [0.1, 0.15) is 17.3 Å². The zero-order chi connectivity index (χ0) is 19.7. The number of piperazine rings is 1. The molecule has 1 aliphatic rings. The molecule has 7 heteroatoms. The predicted molar refractivity (Wildman–Crippen MR) is 97.5 cm³/mol. The first-order valence-electron chi connectivity index (χ1n) is 8.94. The van der Waals surface area contributed by atoms with Gasteiger partial charge in [-0.1, -0.05) is 6.07 Å². The van der Waals surface area contributed by atoms with Crippen LogP contribution in [-0.4, -0.2) is 52.4 Å². The number of hydrogen-bond acceptors (Lipinski definition) is 2. The van der Waals surface area contributed by atoms with E-state index in [4.69, 9.17) is 0 Å². The Morgan fingerprint density at radius 1 is 1.00 bits per heavy atom. The molecular weight excluding hydrogens is 352 g/mol. The molecule has 3 rings (SSSR count). The predicted octanol–water partition coefficient (Wildman–Crippen LogP) is 2.74. The molecule has 1 aromatic carbocycles. The lowest BCUT2D eigenvalue weighted by molar-refractivity contribution is -0.130. The Hall–Kier alpha value is -2.70. The van der Waals surface area contributed by atoms with Gasteiger partial charge in [-0.2, -0.15) is 0 Å². The van der Waals surface area contributed by atoms with Gasteiger partial charge in [0.05, 0.1) is 6.54 Å². The molecule has 144 valence electrons. The lowest BCUT2D eigenvalue weighted by atomic mass is 10.1. The van der Waals surface area contributed by atoms with Crippen molar-refractivity contribution in [2.75, 3.05) is 26.2 Å². The summed E-state index contributed by atoms with van der Waals surface area (Å²) in [5.74, 6) is -1.45. The summed E-state index contributed by atoms with van der Waals surface area (Å²) in [6.45, 7) is 6.96. The third kappa shape index (κ3) is 3.72.